The first kappa shape index (κ1) is 10.3. The zero-order valence-electron chi connectivity index (χ0n) is 9.58. The molecule has 1 aliphatic rings. The van der Waals surface area contributed by atoms with Crippen molar-refractivity contribution < 1.29 is 4.74 Å². The van der Waals surface area contributed by atoms with Crippen LogP contribution in [-0.4, -0.2) is 18.1 Å². The highest BCUT2D eigenvalue weighted by Gasteiger charge is 2.42. The number of hydrogen-bond acceptors (Lipinski definition) is 3. The molecule has 1 atom stereocenters. The summed E-state index contributed by atoms with van der Waals surface area (Å²) in [4.78, 5) is 4.17. The minimum absolute atomic E-state index is 0.459. The van der Waals surface area contributed by atoms with Crippen LogP contribution in [0.15, 0.2) is 18.3 Å². The van der Waals surface area contributed by atoms with Gasteiger partial charge >= 0.3 is 0 Å². The molecule has 1 heterocycles. The lowest BCUT2D eigenvalue weighted by Crippen LogP contribution is -2.25. The highest BCUT2D eigenvalue weighted by Crippen LogP contribution is 2.49. The highest BCUT2D eigenvalue weighted by molar-refractivity contribution is 5.53. The second kappa shape index (κ2) is 3.72. The number of pyridine rings is 1. The summed E-state index contributed by atoms with van der Waals surface area (Å²) >= 11 is 0. The van der Waals surface area contributed by atoms with Gasteiger partial charge in [0.25, 0.3) is 0 Å². The van der Waals surface area contributed by atoms with E-state index in [1.165, 1.54) is 12.8 Å². The molecule has 1 fully saturated rings. The van der Waals surface area contributed by atoms with Crippen LogP contribution < -0.4 is 10.1 Å². The van der Waals surface area contributed by atoms with Gasteiger partial charge in [0.05, 0.1) is 12.8 Å². The van der Waals surface area contributed by atoms with Crippen molar-refractivity contribution in [3.63, 3.8) is 0 Å². The molecule has 3 nitrogen and oxygen atoms in total. The molecule has 0 aliphatic heterocycles. The van der Waals surface area contributed by atoms with Crippen molar-refractivity contribution in [1.82, 2.24) is 4.98 Å². The van der Waals surface area contributed by atoms with Crippen molar-refractivity contribution in [1.29, 1.82) is 0 Å². The molecule has 0 bridgehead atoms. The molecule has 0 amide bonds. The summed E-state index contributed by atoms with van der Waals surface area (Å²) in [6.45, 7) is 4.53. The standard InChI is InChI=1S/C12H18N2O/c1-9(12(2)6-7-12)14-10-5-4-8-13-11(10)15-3/h4-5,8-9,14H,6-7H2,1-3H3. The Balaban J connectivity index is 2.09. The predicted molar refractivity (Wildman–Crippen MR) is 61.2 cm³/mol. The van der Waals surface area contributed by atoms with Gasteiger partial charge in [0.1, 0.15) is 0 Å². The molecule has 0 spiro atoms. The lowest BCUT2D eigenvalue weighted by molar-refractivity contribution is 0.397. The third-order valence-corrected chi connectivity index (χ3v) is 3.42. The van der Waals surface area contributed by atoms with Crippen LogP contribution >= 0.6 is 0 Å². The Labute approximate surface area is 90.9 Å². The summed E-state index contributed by atoms with van der Waals surface area (Å²) in [5.74, 6) is 0.675. The van der Waals surface area contributed by atoms with Gasteiger partial charge in [-0.1, -0.05) is 6.92 Å². The van der Waals surface area contributed by atoms with Crippen LogP contribution in [0.25, 0.3) is 0 Å². The van der Waals surface area contributed by atoms with Gasteiger partial charge in [0, 0.05) is 12.2 Å². The molecule has 3 heteroatoms. The second-order valence-corrected chi connectivity index (χ2v) is 4.58. The molecule has 0 radical (unpaired) electrons. The molecule has 1 aromatic heterocycles. The fourth-order valence-corrected chi connectivity index (χ4v) is 1.70. The van der Waals surface area contributed by atoms with Crippen LogP contribution in [0, 0.1) is 5.41 Å². The van der Waals surface area contributed by atoms with Gasteiger partial charge in [-0.25, -0.2) is 4.98 Å². The molecule has 1 aromatic rings. The Morgan fingerprint density at radius 1 is 1.53 bits per heavy atom. The zero-order chi connectivity index (χ0) is 10.9. The topological polar surface area (TPSA) is 34.1 Å². The second-order valence-electron chi connectivity index (χ2n) is 4.58. The van der Waals surface area contributed by atoms with Crippen LogP contribution in [0.1, 0.15) is 26.7 Å². The fraction of sp³-hybridized carbons (Fsp3) is 0.583. The largest absolute Gasteiger partial charge is 0.480 e. The first-order chi connectivity index (χ1) is 7.15. The molecule has 1 saturated carbocycles. The van der Waals surface area contributed by atoms with E-state index in [0.29, 0.717) is 17.3 Å². The molecule has 2 rings (SSSR count). The number of nitrogens with one attached hydrogen (secondary N) is 1. The van der Waals surface area contributed by atoms with E-state index >= 15 is 0 Å². The van der Waals surface area contributed by atoms with Crippen LogP contribution in [0.3, 0.4) is 0 Å². The van der Waals surface area contributed by atoms with Crippen LogP contribution in [0.4, 0.5) is 5.69 Å². The number of aromatic nitrogens is 1. The predicted octanol–water partition coefficient (Wildman–Crippen LogP) is 2.69. The SMILES string of the molecule is COc1ncccc1NC(C)C1(C)CC1. The summed E-state index contributed by atoms with van der Waals surface area (Å²) in [5.41, 5.74) is 1.45. The van der Waals surface area contributed by atoms with Crippen molar-refractivity contribution >= 4 is 5.69 Å². The Bertz CT molecular complexity index is 347. The van der Waals surface area contributed by atoms with Gasteiger partial charge in [-0.2, -0.15) is 0 Å². The minimum atomic E-state index is 0.459. The summed E-state index contributed by atoms with van der Waals surface area (Å²) in [6.07, 6.45) is 4.36. The number of nitrogens with zero attached hydrogens (tertiary/aromatic N) is 1. The monoisotopic (exact) mass is 206 g/mol. The lowest BCUT2D eigenvalue weighted by atomic mass is 10.0. The van der Waals surface area contributed by atoms with Crippen LogP contribution in [0.2, 0.25) is 0 Å². The number of hydrogen-bond donors (Lipinski definition) is 1. The summed E-state index contributed by atoms with van der Waals surface area (Å²) in [5, 5.41) is 3.48. The van der Waals surface area contributed by atoms with Crippen molar-refractivity contribution in [2.24, 2.45) is 5.41 Å². The van der Waals surface area contributed by atoms with Gasteiger partial charge in [-0.05, 0) is 37.3 Å². The number of anilines is 1. The Morgan fingerprint density at radius 3 is 2.87 bits per heavy atom. The maximum atomic E-state index is 5.21. The number of rotatable bonds is 4. The van der Waals surface area contributed by atoms with E-state index < -0.39 is 0 Å². The fourth-order valence-electron chi connectivity index (χ4n) is 1.70. The summed E-state index contributed by atoms with van der Waals surface area (Å²) < 4.78 is 5.21. The normalized spacial score (nSPS) is 19.4. The average Bonchev–Trinajstić information content (AvgIpc) is 2.99. The molecular formula is C12H18N2O. The molecule has 1 aliphatic carbocycles. The number of methoxy groups -OCH3 is 1. The van der Waals surface area contributed by atoms with Gasteiger partial charge < -0.3 is 10.1 Å². The van der Waals surface area contributed by atoms with Gasteiger partial charge in [0.15, 0.2) is 0 Å². The number of ether oxygens (including phenoxy) is 1. The van der Waals surface area contributed by atoms with E-state index in [9.17, 15) is 0 Å². The maximum Gasteiger partial charge on any atom is 0.237 e. The van der Waals surface area contributed by atoms with E-state index in [1.807, 2.05) is 12.1 Å². The average molecular weight is 206 g/mol. The molecule has 1 unspecified atom stereocenters. The Morgan fingerprint density at radius 2 is 2.27 bits per heavy atom. The first-order valence-corrected chi connectivity index (χ1v) is 5.41. The van der Waals surface area contributed by atoms with Crippen molar-refractivity contribution in [2.45, 2.75) is 32.7 Å². The van der Waals surface area contributed by atoms with Gasteiger partial charge in [-0.15, -0.1) is 0 Å². The smallest absolute Gasteiger partial charge is 0.237 e. The van der Waals surface area contributed by atoms with Gasteiger partial charge in [0.2, 0.25) is 5.88 Å². The molecule has 82 valence electrons. The summed E-state index contributed by atoms with van der Waals surface area (Å²) in [7, 11) is 1.65. The Hall–Kier alpha value is -1.25. The van der Waals surface area contributed by atoms with Crippen molar-refractivity contribution in [3.05, 3.63) is 18.3 Å². The van der Waals surface area contributed by atoms with Crippen molar-refractivity contribution in [2.75, 3.05) is 12.4 Å². The molecule has 1 N–H and O–H groups in total. The summed E-state index contributed by atoms with van der Waals surface area (Å²) in [6, 6.07) is 4.40. The lowest BCUT2D eigenvalue weighted by Gasteiger charge is -2.22. The highest BCUT2D eigenvalue weighted by atomic mass is 16.5. The van der Waals surface area contributed by atoms with Crippen molar-refractivity contribution in [3.8, 4) is 5.88 Å². The molecule has 0 aromatic carbocycles. The molecule has 15 heavy (non-hydrogen) atoms. The van der Waals surface area contributed by atoms with E-state index in [-0.39, 0.29) is 0 Å². The van der Waals surface area contributed by atoms with E-state index in [0.717, 1.165) is 5.69 Å². The van der Waals surface area contributed by atoms with E-state index in [2.05, 4.69) is 24.1 Å². The van der Waals surface area contributed by atoms with E-state index in [4.69, 9.17) is 4.74 Å². The third-order valence-electron chi connectivity index (χ3n) is 3.42. The van der Waals surface area contributed by atoms with Crippen LogP contribution in [-0.2, 0) is 0 Å². The van der Waals surface area contributed by atoms with Crippen LogP contribution in [0.5, 0.6) is 5.88 Å². The maximum absolute atomic E-state index is 5.21. The first-order valence-electron chi connectivity index (χ1n) is 5.41. The third kappa shape index (κ3) is 2.06. The Kier molecular flexibility index (Phi) is 2.55. The van der Waals surface area contributed by atoms with E-state index in [1.54, 1.807) is 13.3 Å². The minimum Gasteiger partial charge on any atom is -0.480 e. The molecular weight excluding hydrogens is 188 g/mol. The molecule has 0 saturated heterocycles. The quantitative estimate of drug-likeness (QED) is 0.822. The van der Waals surface area contributed by atoms with Gasteiger partial charge in [-0.3, -0.25) is 0 Å². The zero-order valence-corrected chi connectivity index (χ0v) is 9.58.